The summed E-state index contributed by atoms with van der Waals surface area (Å²) in [4.78, 5) is 15.6. The summed E-state index contributed by atoms with van der Waals surface area (Å²) >= 11 is 0. The van der Waals surface area contributed by atoms with Crippen LogP contribution < -0.4 is 16.0 Å². The monoisotopic (exact) mass is 424 g/mol. The highest BCUT2D eigenvalue weighted by atomic mass is 127. The quantitative estimate of drug-likeness (QED) is 0.213. The van der Waals surface area contributed by atoms with E-state index in [9.17, 15) is 4.79 Å². The Morgan fingerprint density at radius 3 is 2.41 bits per heavy atom. The molecule has 0 saturated heterocycles. The average Bonchev–Trinajstić information content (AvgIpc) is 3.37. The first-order valence-corrected chi connectivity index (χ1v) is 8.09. The summed E-state index contributed by atoms with van der Waals surface area (Å²) in [5, 5.41) is 9.35. The lowest BCUT2D eigenvalue weighted by molar-refractivity contribution is -0.122. The van der Waals surface area contributed by atoms with Gasteiger partial charge in [-0.2, -0.15) is 0 Å². The zero-order chi connectivity index (χ0) is 14.9. The second-order valence-corrected chi connectivity index (χ2v) is 5.86. The number of hydrogen-bond donors (Lipinski definition) is 3. The van der Waals surface area contributed by atoms with E-state index in [-0.39, 0.29) is 35.8 Å². The topological polar surface area (TPSA) is 74.8 Å². The number of ether oxygens (including phenoxy) is 1. The van der Waals surface area contributed by atoms with Crippen molar-refractivity contribution in [2.45, 2.75) is 32.1 Å². The van der Waals surface area contributed by atoms with E-state index in [4.69, 9.17) is 4.74 Å². The van der Waals surface area contributed by atoms with Gasteiger partial charge in [-0.05, 0) is 38.0 Å². The van der Waals surface area contributed by atoms with Crippen molar-refractivity contribution in [3.8, 4) is 0 Å². The van der Waals surface area contributed by atoms with E-state index in [2.05, 4.69) is 20.9 Å². The molecule has 3 N–H and O–H groups in total. The molecule has 0 spiro atoms. The Bertz CT molecular complexity index is 357. The molecule has 0 bridgehead atoms. The summed E-state index contributed by atoms with van der Waals surface area (Å²) in [6.45, 7) is 3.90. The van der Waals surface area contributed by atoms with Gasteiger partial charge in [0.15, 0.2) is 5.96 Å². The third-order valence-corrected chi connectivity index (χ3v) is 3.70. The summed E-state index contributed by atoms with van der Waals surface area (Å²) in [5.41, 5.74) is 0. The first-order valence-electron chi connectivity index (χ1n) is 8.09. The van der Waals surface area contributed by atoms with Crippen LogP contribution in [-0.2, 0) is 9.53 Å². The minimum absolute atomic E-state index is 0. The van der Waals surface area contributed by atoms with Crippen molar-refractivity contribution in [1.82, 2.24) is 16.0 Å². The first kappa shape index (κ1) is 19.5. The number of rotatable bonds is 10. The van der Waals surface area contributed by atoms with Gasteiger partial charge < -0.3 is 20.7 Å². The Hall–Kier alpha value is -0.570. The number of halogens is 1. The lowest BCUT2D eigenvalue weighted by Gasteiger charge is -2.12. The van der Waals surface area contributed by atoms with Crippen molar-refractivity contribution in [2.24, 2.45) is 16.8 Å². The van der Waals surface area contributed by atoms with Gasteiger partial charge in [-0.3, -0.25) is 9.79 Å². The molecule has 0 aromatic carbocycles. The summed E-state index contributed by atoms with van der Waals surface area (Å²) in [7, 11) is 1.75. The van der Waals surface area contributed by atoms with Gasteiger partial charge in [0.1, 0.15) is 0 Å². The third-order valence-electron chi connectivity index (χ3n) is 3.70. The van der Waals surface area contributed by atoms with Gasteiger partial charge in [0, 0.05) is 45.8 Å². The van der Waals surface area contributed by atoms with Crippen LogP contribution in [0.5, 0.6) is 0 Å². The highest BCUT2D eigenvalue weighted by molar-refractivity contribution is 14.0. The van der Waals surface area contributed by atoms with Crippen LogP contribution in [0.3, 0.4) is 0 Å². The second kappa shape index (κ2) is 11.0. The number of guanidine groups is 1. The zero-order valence-electron chi connectivity index (χ0n) is 13.4. The van der Waals surface area contributed by atoms with Crippen molar-refractivity contribution in [3.63, 3.8) is 0 Å². The molecule has 2 aliphatic rings. The van der Waals surface area contributed by atoms with E-state index in [0.29, 0.717) is 13.1 Å². The molecule has 0 heterocycles. The molecular weight excluding hydrogens is 395 g/mol. The number of aliphatic imine (C=N–C) groups is 1. The molecule has 128 valence electrons. The van der Waals surface area contributed by atoms with Crippen molar-refractivity contribution in [2.75, 3.05) is 39.9 Å². The predicted molar refractivity (Wildman–Crippen MR) is 98.7 cm³/mol. The molecule has 2 rings (SSSR count). The maximum Gasteiger partial charge on any atom is 0.223 e. The summed E-state index contributed by atoms with van der Waals surface area (Å²) in [6.07, 6.45) is 5.75. The maximum atomic E-state index is 11.4. The van der Waals surface area contributed by atoms with E-state index < -0.39 is 0 Å². The molecule has 2 aliphatic carbocycles. The smallest absolute Gasteiger partial charge is 0.223 e. The van der Waals surface area contributed by atoms with Crippen LogP contribution in [0.2, 0.25) is 0 Å². The van der Waals surface area contributed by atoms with Crippen LogP contribution in [0.4, 0.5) is 0 Å². The number of carbonyl (C=O) groups is 1. The molecule has 22 heavy (non-hydrogen) atoms. The number of nitrogens with one attached hydrogen (secondary N) is 3. The van der Waals surface area contributed by atoms with Crippen LogP contribution in [0.25, 0.3) is 0 Å². The van der Waals surface area contributed by atoms with Gasteiger partial charge >= 0.3 is 0 Å². The van der Waals surface area contributed by atoms with E-state index in [1.165, 1.54) is 12.8 Å². The van der Waals surface area contributed by atoms with E-state index >= 15 is 0 Å². The molecule has 2 saturated carbocycles. The van der Waals surface area contributed by atoms with Crippen LogP contribution in [0.15, 0.2) is 4.99 Å². The van der Waals surface area contributed by atoms with Crippen molar-refractivity contribution in [3.05, 3.63) is 0 Å². The van der Waals surface area contributed by atoms with Gasteiger partial charge in [0.05, 0.1) is 0 Å². The molecule has 0 aliphatic heterocycles. The minimum Gasteiger partial charge on any atom is -0.381 e. The van der Waals surface area contributed by atoms with Crippen LogP contribution in [0, 0.1) is 11.8 Å². The molecule has 0 atom stereocenters. The molecule has 2 fully saturated rings. The molecule has 7 heteroatoms. The van der Waals surface area contributed by atoms with Gasteiger partial charge in [0.2, 0.25) is 5.91 Å². The summed E-state index contributed by atoms with van der Waals surface area (Å²) in [6, 6.07) is 0. The molecule has 6 nitrogen and oxygen atoms in total. The Labute approximate surface area is 150 Å². The number of carbonyl (C=O) groups excluding carboxylic acids is 1. The van der Waals surface area contributed by atoms with Crippen LogP contribution in [-0.4, -0.2) is 51.8 Å². The molecule has 0 aromatic rings. The van der Waals surface area contributed by atoms with Gasteiger partial charge in [-0.15, -0.1) is 24.0 Å². The van der Waals surface area contributed by atoms with Crippen molar-refractivity contribution in [1.29, 1.82) is 0 Å². The number of nitrogens with zero attached hydrogens (tertiary/aromatic N) is 1. The van der Waals surface area contributed by atoms with Gasteiger partial charge in [0.25, 0.3) is 0 Å². The SMILES string of the molecule is CN=C(NCCCOCC1CC1)NCCNC(=O)C1CC1.I. The van der Waals surface area contributed by atoms with E-state index in [1.54, 1.807) is 7.05 Å². The Morgan fingerprint density at radius 1 is 1.09 bits per heavy atom. The third kappa shape index (κ3) is 8.77. The van der Waals surface area contributed by atoms with Crippen molar-refractivity contribution >= 4 is 35.8 Å². The summed E-state index contributed by atoms with van der Waals surface area (Å²) < 4.78 is 5.58. The molecule has 0 radical (unpaired) electrons. The lowest BCUT2D eigenvalue weighted by Crippen LogP contribution is -2.42. The fraction of sp³-hybridized carbons (Fsp3) is 0.867. The Kier molecular flexibility index (Phi) is 9.77. The zero-order valence-corrected chi connectivity index (χ0v) is 15.7. The summed E-state index contributed by atoms with van der Waals surface area (Å²) in [5.74, 6) is 2.07. The largest absolute Gasteiger partial charge is 0.381 e. The molecule has 1 amide bonds. The fourth-order valence-electron chi connectivity index (χ4n) is 1.99. The maximum absolute atomic E-state index is 11.4. The first-order chi connectivity index (χ1) is 10.3. The number of hydrogen-bond acceptors (Lipinski definition) is 3. The fourth-order valence-corrected chi connectivity index (χ4v) is 1.99. The average molecular weight is 424 g/mol. The normalized spacial score (nSPS) is 17.6. The Balaban J connectivity index is 0.00000242. The van der Waals surface area contributed by atoms with E-state index in [1.807, 2.05) is 0 Å². The standard InChI is InChI=1S/C15H28N4O2.HI/c1-16-15(18-7-2-10-21-11-12-3-4-12)19-9-8-17-14(20)13-5-6-13;/h12-13H,2-11H2,1H3,(H,17,20)(H2,16,18,19);1H. The predicted octanol–water partition coefficient (Wildman–Crippen LogP) is 1.11. The van der Waals surface area contributed by atoms with Crippen LogP contribution in [0.1, 0.15) is 32.1 Å². The number of amides is 1. The van der Waals surface area contributed by atoms with Crippen LogP contribution >= 0.6 is 24.0 Å². The van der Waals surface area contributed by atoms with E-state index in [0.717, 1.165) is 50.9 Å². The molecule has 0 unspecified atom stereocenters. The minimum atomic E-state index is 0. The van der Waals surface area contributed by atoms with Gasteiger partial charge in [-0.1, -0.05) is 0 Å². The molecular formula is C15H29IN4O2. The molecule has 0 aromatic heterocycles. The highest BCUT2D eigenvalue weighted by Gasteiger charge is 2.28. The van der Waals surface area contributed by atoms with Gasteiger partial charge in [-0.25, -0.2) is 0 Å². The Morgan fingerprint density at radius 2 is 1.77 bits per heavy atom. The lowest BCUT2D eigenvalue weighted by atomic mass is 10.4. The second-order valence-electron chi connectivity index (χ2n) is 5.86. The van der Waals surface area contributed by atoms with Crippen molar-refractivity contribution < 1.29 is 9.53 Å². The highest BCUT2D eigenvalue weighted by Crippen LogP contribution is 2.29.